The minimum atomic E-state index is -4.47. The Hall–Kier alpha value is -3.47. The first-order valence-corrected chi connectivity index (χ1v) is 16.8. The van der Waals surface area contributed by atoms with Crippen LogP contribution in [0.2, 0.25) is 0 Å². The molecule has 242 valence electrons. The van der Waals surface area contributed by atoms with Gasteiger partial charge in [-0.25, -0.2) is 12.8 Å². The number of halogens is 4. The van der Waals surface area contributed by atoms with Crippen LogP contribution in [0.1, 0.15) is 31.4 Å². The number of likely N-dealkylation sites (tertiary alicyclic amines) is 1. The summed E-state index contributed by atoms with van der Waals surface area (Å²) in [5, 5.41) is 0.484. The number of rotatable bonds is 8. The Labute approximate surface area is 260 Å². The predicted octanol–water partition coefficient (Wildman–Crippen LogP) is 5.00. The molecule has 2 N–H and O–H groups in total. The molecule has 1 aromatic heterocycles. The maximum Gasteiger partial charge on any atom is 0.406 e. The zero-order chi connectivity index (χ0) is 32.0. The molecule has 3 aromatic rings. The fraction of sp³-hybridized carbons (Fsp3) is 0.500. The van der Waals surface area contributed by atoms with Gasteiger partial charge < -0.3 is 24.7 Å². The minimum absolute atomic E-state index is 0.00890. The molecule has 0 atom stereocenters. The molecule has 13 heteroatoms. The van der Waals surface area contributed by atoms with Crippen LogP contribution in [-0.4, -0.2) is 82.1 Å². The van der Waals surface area contributed by atoms with Crippen LogP contribution in [-0.2, 0) is 21.1 Å². The smallest absolute Gasteiger partial charge is 0.406 e. The first-order valence-electron chi connectivity index (χ1n) is 14.9. The molecule has 3 aliphatic rings. The van der Waals surface area contributed by atoms with Crippen molar-refractivity contribution in [3.8, 4) is 17.6 Å². The van der Waals surface area contributed by atoms with Crippen LogP contribution in [0.15, 0.2) is 47.4 Å². The fourth-order valence-electron chi connectivity index (χ4n) is 6.91. The van der Waals surface area contributed by atoms with Gasteiger partial charge in [-0.05, 0) is 61.9 Å². The van der Waals surface area contributed by atoms with Gasteiger partial charge in [0.2, 0.25) is 6.86 Å². The first kappa shape index (κ1) is 31.5. The number of anilines is 2. The minimum Gasteiger partial charge on any atom is -0.461 e. The number of hydrogen-bond acceptors (Lipinski definition) is 7. The van der Waals surface area contributed by atoms with Crippen LogP contribution in [0.5, 0.6) is 5.75 Å². The van der Waals surface area contributed by atoms with Crippen molar-refractivity contribution in [3.05, 3.63) is 48.2 Å². The van der Waals surface area contributed by atoms with Crippen LogP contribution in [0.3, 0.4) is 0 Å². The van der Waals surface area contributed by atoms with Gasteiger partial charge in [0.1, 0.15) is 12.3 Å². The van der Waals surface area contributed by atoms with Crippen LogP contribution in [0.4, 0.5) is 28.9 Å². The van der Waals surface area contributed by atoms with Crippen molar-refractivity contribution < 1.29 is 35.5 Å². The standard InChI is InChI=1S/C32H36F4N4O4S/c1-45(41,42)25-11-12-29(30(15-25)44-21-33)39(23-9-7-22(8-10-23)38-16-31(17-38)19-43-20-31)13-3-4-24-14-26-27(37)5-2-6-28(26)40(24)18-32(34,35)36/h2,5-6,11-12,14-15,22-23H,7-10,13,16-21,37H2,1H3. The highest BCUT2D eigenvalue weighted by Crippen LogP contribution is 2.42. The van der Waals surface area contributed by atoms with Crippen LogP contribution in [0, 0.1) is 17.3 Å². The summed E-state index contributed by atoms with van der Waals surface area (Å²) in [5.74, 6) is 6.05. The molecule has 0 unspecified atom stereocenters. The van der Waals surface area contributed by atoms with E-state index in [4.69, 9.17) is 15.2 Å². The van der Waals surface area contributed by atoms with Gasteiger partial charge in [0, 0.05) is 54.0 Å². The summed E-state index contributed by atoms with van der Waals surface area (Å²) < 4.78 is 90.5. The number of nitrogen functional groups attached to an aromatic ring is 1. The summed E-state index contributed by atoms with van der Waals surface area (Å²) in [5.41, 5.74) is 7.72. The van der Waals surface area contributed by atoms with E-state index in [1.165, 1.54) is 12.1 Å². The van der Waals surface area contributed by atoms with Crippen molar-refractivity contribution in [2.75, 3.05) is 56.6 Å². The number of alkyl halides is 4. The number of aromatic nitrogens is 1. The first-order chi connectivity index (χ1) is 21.4. The molecule has 1 saturated carbocycles. The summed E-state index contributed by atoms with van der Waals surface area (Å²) in [4.78, 5) is 4.46. The van der Waals surface area contributed by atoms with Gasteiger partial charge in [-0.1, -0.05) is 12.0 Å². The maximum absolute atomic E-state index is 13.6. The fourth-order valence-corrected chi connectivity index (χ4v) is 7.54. The highest BCUT2D eigenvalue weighted by molar-refractivity contribution is 7.90. The molecular formula is C32H36F4N4O4S. The third-order valence-corrected chi connectivity index (χ3v) is 10.3. The Morgan fingerprint density at radius 2 is 1.84 bits per heavy atom. The molecule has 1 spiro atoms. The van der Waals surface area contributed by atoms with Gasteiger partial charge in [-0.2, -0.15) is 13.2 Å². The number of fused-ring (bicyclic) bond motifs is 1. The monoisotopic (exact) mass is 648 g/mol. The molecule has 8 nitrogen and oxygen atoms in total. The second kappa shape index (κ2) is 12.0. The largest absolute Gasteiger partial charge is 0.461 e. The van der Waals surface area contributed by atoms with E-state index in [0.717, 1.165) is 62.8 Å². The summed E-state index contributed by atoms with van der Waals surface area (Å²) in [6.07, 6.45) is 0.0739. The van der Waals surface area contributed by atoms with Crippen molar-refractivity contribution in [1.29, 1.82) is 0 Å². The lowest BCUT2D eigenvalue weighted by atomic mass is 9.75. The summed E-state index contributed by atoms with van der Waals surface area (Å²) in [6, 6.07) is 11.1. The molecule has 0 bridgehead atoms. The molecule has 3 fully saturated rings. The Morgan fingerprint density at radius 1 is 1.11 bits per heavy atom. The molecule has 0 radical (unpaired) electrons. The van der Waals surface area contributed by atoms with Crippen LogP contribution in [0.25, 0.3) is 10.9 Å². The van der Waals surface area contributed by atoms with E-state index >= 15 is 0 Å². The van der Waals surface area contributed by atoms with Gasteiger partial charge in [-0.3, -0.25) is 4.90 Å². The zero-order valence-electron chi connectivity index (χ0n) is 24.9. The maximum atomic E-state index is 13.6. The zero-order valence-corrected chi connectivity index (χ0v) is 25.8. The van der Waals surface area contributed by atoms with Crippen LogP contribution < -0.4 is 15.4 Å². The van der Waals surface area contributed by atoms with E-state index in [1.54, 1.807) is 30.3 Å². The Balaban J connectivity index is 1.30. The molecule has 2 aromatic carbocycles. The van der Waals surface area contributed by atoms with Crippen molar-refractivity contribution in [1.82, 2.24) is 9.47 Å². The van der Waals surface area contributed by atoms with Crippen LogP contribution >= 0.6 is 0 Å². The summed E-state index contributed by atoms with van der Waals surface area (Å²) >= 11 is 0. The van der Waals surface area contributed by atoms with Gasteiger partial charge in [0.25, 0.3) is 0 Å². The third kappa shape index (κ3) is 6.59. The number of benzene rings is 2. The third-order valence-electron chi connectivity index (χ3n) is 9.18. The lowest BCUT2D eigenvalue weighted by molar-refractivity contribution is -0.200. The second-order valence-corrected chi connectivity index (χ2v) is 14.5. The second-order valence-electron chi connectivity index (χ2n) is 12.5. The summed E-state index contributed by atoms with van der Waals surface area (Å²) in [7, 11) is -3.59. The quantitative estimate of drug-likeness (QED) is 0.209. The number of sulfone groups is 1. The molecule has 2 saturated heterocycles. The van der Waals surface area contributed by atoms with Crippen molar-refractivity contribution in [2.45, 2.75) is 55.4 Å². The predicted molar refractivity (Wildman–Crippen MR) is 164 cm³/mol. The average Bonchev–Trinajstić information content (AvgIpc) is 3.27. The summed E-state index contributed by atoms with van der Waals surface area (Å²) in [6.45, 7) is 1.43. The van der Waals surface area contributed by atoms with E-state index in [0.29, 0.717) is 33.7 Å². The number of nitrogens with zero attached hydrogens (tertiary/aromatic N) is 3. The molecule has 6 rings (SSSR count). The van der Waals surface area contributed by atoms with E-state index in [1.807, 2.05) is 4.90 Å². The molecule has 0 amide bonds. The lowest BCUT2D eigenvalue weighted by Gasteiger charge is -2.58. The van der Waals surface area contributed by atoms with Crippen molar-refractivity contribution >= 4 is 32.1 Å². The number of hydrogen-bond donors (Lipinski definition) is 1. The van der Waals surface area contributed by atoms with E-state index in [9.17, 15) is 26.0 Å². The normalized spacial score (nSPS) is 21.5. The van der Waals surface area contributed by atoms with Crippen molar-refractivity contribution in [3.63, 3.8) is 0 Å². The van der Waals surface area contributed by atoms with Crippen molar-refractivity contribution in [2.24, 2.45) is 5.41 Å². The molecule has 45 heavy (non-hydrogen) atoms. The lowest BCUT2D eigenvalue weighted by Crippen LogP contribution is -2.68. The molecule has 2 aliphatic heterocycles. The average molecular weight is 649 g/mol. The highest BCUT2D eigenvalue weighted by Gasteiger charge is 2.51. The number of ether oxygens (including phenoxy) is 2. The SMILES string of the molecule is CS(=O)(=O)c1ccc(N(CC#Cc2cc3c(N)cccc3n2CC(F)(F)F)C2CCC(N3CC4(COC4)C3)CC2)c(OCF)c1. The highest BCUT2D eigenvalue weighted by atomic mass is 32.2. The topological polar surface area (TPSA) is 90.0 Å². The Morgan fingerprint density at radius 3 is 2.47 bits per heavy atom. The number of nitrogens with two attached hydrogens (primary N) is 1. The molecule has 3 heterocycles. The Kier molecular flexibility index (Phi) is 8.43. The van der Waals surface area contributed by atoms with Gasteiger partial charge in [0.05, 0.1) is 41.6 Å². The Bertz CT molecular complexity index is 1730. The van der Waals surface area contributed by atoms with Gasteiger partial charge in [0.15, 0.2) is 9.84 Å². The van der Waals surface area contributed by atoms with E-state index in [-0.39, 0.29) is 28.9 Å². The molecule has 1 aliphatic carbocycles. The van der Waals surface area contributed by atoms with E-state index < -0.39 is 29.4 Å². The van der Waals surface area contributed by atoms with Gasteiger partial charge in [-0.15, -0.1) is 0 Å². The molecular weight excluding hydrogens is 612 g/mol. The van der Waals surface area contributed by atoms with Gasteiger partial charge >= 0.3 is 6.18 Å². The van der Waals surface area contributed by atoms with E-state index in [2.05, 4.69) is 16.7 Å².